The van der Waals surface area contributed by atoms with Crippen LogP contribution in [0.25, 0.3) is 5.57 Å². The van der Waals surface area contributed by atoms with Gasteiger partial charge in [-0.15, -0.1) is 0 Å². The first-order valence-electron chi connectivity index (χ1n) is 12.9. The lowest BCUT2D eigenvalue weighted by Gasteiger charge is -2.39. The van der Waals surface area contributed by atoms with Gasteiger partial charge in [-0.1, -0.05) is 12.1 Å². The maximum Gasteiger partial charge on any atom is 0.407 e. The van der Waals surface area contributed by atoms with Crippen LogP contribution in [0.2, 0.25) is 0 Å². The summed E-state index contributed by atoms with van der Waals surface area (Å²) in [6.45, 7) is 5.26. The number of ether oxygens (including phenoxy) is 3. The van der Waals surface area contributed by atoms with Gasteiger partial charge in [0, 0.05) is 32.3 Å². The zero-order chi connectivity index (χ0) is 22.9. The largest absolute Gasteiger partial charge is 0.445 e. The van der Waals surface area contributed by atoms with Crippen LogP contribution in [0, 0.1) is 5.92 Å². The van der Waals surface area contributed by atoms with E-state index in [4.69, 9.17) is 14.2 Å². The summed E-state index contributed by atoms with van der Waals surface area (Å²) in [5.74, 6) is 0.488. The van der Waals surface area contributed by atoms with Gasteiger partial charge in [0.2, 0.25) is 0 Å². The van der Waals surface area contributed by atoms with Crippen LogP contribution in [0.15, 0.2) is 24.3 Å². The van der Waals surface area contributed by atoms with Crippen molar-refractivity contribution in [2.75, 3.05) is 39.5 Å². The van der Waals surface area contributed by atoms with Gasteiger partial charge in [-0.05, 0) is 72.4 Å². The monoisotopic (exact) mass is 468 g/mol. The first-order valence-corrected chi connectivity index (χ1v) is 12.9. The van der Waals surface area contributed by atoms with Crippen LogP contribution in [0.5, 0.6) is 0 Å². The Balaban J connectivity index is 1.29. The van der Waals surface area contributed by atoms with Crippen molar-refractivity contribution < 1.29 is 19.0 Å². The van der Waals surface area contributed by atoms with E-state index in [0.29, 0.717) is 31.2 Å². The fourth-order valence-corrected chi connectivity index (χ4v) is 6.09. The van der Waals surface area contributed by atoms with Crippen molar-refractivity contribution in [2.45, 2.75) is 62.9 Å². The molecule has 8 heteroatoms. The SMILES string of the molecule is O=C1NCCCOC2CCC3NNC(c4cc(cc(C5=CCN(C6COC6)CC5)c4)CO1)C3C2. The summed E-state index contributed by atoms with van der Waals surface area (Å²) in [4.78, 5) is 14.7. The molecule has 4 atom stereocenters. The Labute approximate surface area is 201 Å². The molecule has 0 spiro atoms. The van der Waals surface area contributed by atoms with Crippen LogP contribution < -0.4 is 16.2 Å². The number of cyclic esters (lactones) is 1. The van der Waals surface area contributed by atoms with E-state index in [-0.39, 0.29) is 24.8 Å². The second kappa shape index (κ2) is 9.95. The molecule has 1 aromatic rings. The van der Waals surface area contributed by atoms with Crippen molar-refractivity contribution >= 4 is 11.7 Å². The number of alkyl carbamates (subject to hydrolysis) is 1. The molecule has 0 aromatic heterocycles. The fraction of sp³-hybridized carbons (Fsp3) is 0.654. The number of hydrogen-bond acceptors (Lipinski definition) is 7. The van der Waals surface area contributed by atoms with Crippen molar-refractivity contribution in [3.8, 4) is 0 Å². The summed E-state index contributed by atoms with van der Waals surface area (Å²) in [6, 6.07) is 8.03. The van der Waals surface area contributed by atoms with Crippen LogP contribution in [0.3, 0.4) is 0 Å². The molecule has 34 heavy (non-hydrogen) atoms. The van der Waals surface area contributed by atoms with E-state index in [1.165, 1.54) is 16.7 Å². The molecular formula is C26H36N4O4. The Morgan fingerprint density at radius 1 is 1.09 bits per heavy atom. The van der Waals surface area contributed by atoms with E-state index < -0.39 is 0 Å². The second-order valence-electron chi connectivity index (χ2n) is 10.3. The van der Waals surface area contributed by atoms with Gasteiger partial charge in [0.15, 0.2) is 0 Å². The molecule has 1 aliphatic carbocycles. The third-order valence-electron chi connectivity index (χ3n) is 8.14. The Bertz CT molecular complexity index is 933. The maximum atomic E-state index is 12.2. The van der Waals surface area contributed by atoms with Crippen LogP contribution in [0.1, 0.15) is 54.8 Å². The number of hydrogen-bond donors (Lipinski definition) is 3. The summed E-state index contributed by atoms with van der Waals surface area (Å²) >= 11 is 0. The smallest absolute Gasteiger partial charge is 0.407 e. The highest BCUT2D eigenvalue weighted by molar-refractivity contribution is 5.69. The molecule has 4 heterocycles. The summed E-state index contributed by atoms with van der Waals surface area (Å²) in [6.07, 6.45) is 7.38. The first kappa shape index (κ1) is 22.5. The summed E-state index contributed by atoms with van der Waals surface area (Å²) in [7, 11) is 0. The molecular weight excluding hydrogens is 432 g/mol. The standard InChI is InChI=1S/C26H36N4O4/c31-26-27-6-1-9-33-22-2-3-24-23(13-22)25(29-28-24)20-11-17(14-34-26)10-19(12-20)18-4-7-30(8-5-18)21-15-32-16-21/h4,10-12,21-25,28-29H,1-3,5-9,13-16H2,(H,27,31). The third kappa shape index (κ3) is 4.75. The molecule has 4 bridgehead atoms. The second-order valence-corrected chi connectivity index (χ2v) is 10.3. The highest BCUT2D eigenvalue weighted by atomic mass is 16.5. The maximum absolute atomic E-state index is 12.2. The molecule has 2 saturated heterocycles. The zero-order valence-corrected chi connectivity index (χ0v) is 19.8. The number of rotatable bonds is 2. The van der Waals surface area contributed by atoms with Gasteiger partial charge in [-0.25, -0.2) is 10.2 Å². The third-order valence-corrected chi connectivity index (χ3v) is 8.14. The average Bonchev–Trinajstić information content (AvgIpc) is 3.25. The lowest BCUT2D eigenvalue weighted by Crippen LogP contribution is -2.50. The van der Waals surface area contributed by atoms with Gasteiger partial charge < -0.3 is 19.5 Å². The zero-order valence-electron chi connectivity index (χ0n) is 19.8. The van der Waals surface area contributed by atoms with Gasteiger partial charge in [0.25, 0.3) is 0 Å². The van der Waals surface area contributed by atoms with E-state index >= 15 is 0 Å². The molecule has 8 nitrogen and oxygen atoms in total. The Kier molecular flexibility index (Phi) is 6.58. The highest BCUT2D eigenvalue weighted by Crippen LogP contribution is 2.40. The number of amides is 1. The molecule has 4 aliphatic heterocycles. The molecule has 184 valence electrons. The van der Waals surface area contributed by atoms with E-state index in [1.807, 2.05) is 0 Å². The number of carbonyl (C=O) groups excluding carboxylic acids is 1. The Morgan fingerprint density at radius 2 is 2.03 bits per heavy atom. The minimum Gasteiger partial charge on any atom is -0.445 e. The van der Waals surface area contributed by atoms with E-state index in [0.717, 1.165) is 64.0 Å². The molecule has 5 aliphatic rings. The van der Waals surface area contributed by atoms with E-state index in [1.54, 1.807) is 0 Å². The van der Waals surface area contributed by atoms with Crippen molar-refractivity contribution in [3.05, 3.63) is 41.0 Å². The predicted molar refractivity (Wildman–Crippen MR) is 128 cm³/mol. The van der Waals surface area contributed by atoms with Crippen molar-refractivity contribution in [1.29, 1.82) is 0 Å². The molecule has 3 N–H and O–H groups in total. The van der Waals surface area contributed by atoms with E-state index in [2.05, 4.69) is 45.3 Å². The number of nitrogens with zero attached hydrogens (tertiary/aromatic N) is 1. The molecule has 1 aromatic carbocycles. The fourth-order valence-electron chi connectivity index (χ4n) is 6.09. The molecule has 3 fully saturated rings. The summed E-state index contributed by atoms with van der Waals surface area (Å²) < 4.78 is 17.1. The number of hydrazine groups is 1. The van der Waals surface area contributed by atoms with Crippen LogP contribution in [-0.2, 0) is 20.8 Å². The van der Waals surface area contributed by atoms with Gasteiger partial charge in [0.05, 0.1) is 31.4 Å². The van der Waals surface area contributed by atoms with Crippen LogP contribution in [-0.4, -0.2) is 68.6 Å². The molecule has 1 amide bonds. The lowest BCUT2D eigenvalue weighted by molar-refractivity contribution is -0.0612. The lowest BCUT2D eigenvalue weighted by atomic mass is 9.77. The van der Waals surface area contributed by atoms with Crippen molar-refractivity contribution in [2.24, 2.45) is 5.92 Å². The normalized spacial score (nSPS) is 33.1. The first-order chi connectivity index (χ1) is 16.7. The minimum absolute atomic E-state index is 0.224. The highest BCUT2D eigenvalue weighted by Gasteiger charge is 2.41. The number of carbonyl (C=O) groups is 1. The van der Waals surface area contributed by atoms with Gasteiger partial charge in [-0.2, -0.15) is 0 Å². The van der Waals surface area contributed by atoms with Crippen molar-refractivity contribution in [3.63, 3.8) is 0 Å². The molecule has 4 unspecified atom stereocenters. The molecule has 1 saturated carbocycles. The molecule has 0 radical (unpaired) electrons. The predicted octanol–water partition coefficient (Wildman–Crippen LogP) is 2.51. The quantitative estimate of drug-likeness (QED) is 0.615. The summed E-state index contributed by atoms with van der Waals surface area (Å²) in [5.41, 5.74) is 12.1. The topological polar surface area (TPSA) is 84.1 Å². The number of fused-ring (bicyclic) bond motifs is 4. The Morgan fingerprint density at radius 3 is 2.85 bits per heavy atom. The van der Waals surface area contributed by atoms with Crippen LogP contribution >= 0.6 is 0 Å². The van der Waals surface area contributed by atoms with Gasteiger partial charge >= 0.3 is 6.09 Å². The average molecular weight is 469 g/mol. The summed E-state index contributed by atoms with van der Waals surface area (Å²) in [5, 5.41) is 2.86. The van der Waals surface area contributed by atoms with Gasteiger partial charge in [0.1, 0.15) is 6.61 Å². The number of nitrogens with one attached hydrogen (secondary N) is 3. The van der Waals surface area contributed by atoms with Gasteiger partial charge in [-0.3, -0.25) is 10.3 Å². The minimum atomic E-state index is -0.364. The van der Waals surface area contributed by atoms with Crippen molar-refractivity contribution in [1.82, 2.24) is 21.1 Å². The van der Waals surface area contributed by atoms with Crippen LogP contribution in [0.4, 0.5) is 4.79 Å². The Hall–Kier alpha value is -1.97. The number of benzene rings is 1. The molecule has 6 rings (SSSR count). The van der Waals surface area contributed by atoms with E-state index in [9.17, 15) is 4.79 Å².